The van der Waals surface area contributed by atoms with Gasteiger partial charge in [-0.25, -0.2) is 26.9 Å². The topological polar surface area (TPSA) is 68.3 Å². The Kier molecular flexibility index (Phi) is 5.48. The van der Waals surface area contributed by atoms with Gasteiger partial charge in [0.15, 0.2) is 0 Å². The highest BCUT2D eigenvalue weighted by Crippen LogP contribution is 2.20. The molecular formula is C19H16F2N2O3S. The standard InChI is InChI=1S/C19H16F2N2O3S/c1-13-9-16(21)6-7-18(13)27(24,25)23-12-14-5-8-19(22-11-14)26-17-4-2-3-15(20)10-17/h2-11,23H,12H2,1H3. The maximum Gasteiger partial charge on any atom is 0.241 e. The van der Waals surface area contributed by atoms with Crippen molar-refractivity contribution in [1.82, 2.24) is 9.71 Å². The normalized spacial score (nSPS) is 11.4. The highest BCUT2D eigenvalue weighted by Gasteiger charge is 2.17. The van der Waals surface area contributed by atoms with Crippen molar-refractivity contribution in [2.45, 2.75) is 18.4 Å². The molecule has 140 valence electrons. The van der Waals surface area contributed by atoms with Crippen LogP contribution in [0.3, 0.4) is 0 Å². The molecule has 1 heterocycles. The Bertz CT molecular complexity index is 1050. The summed E-state index contributed by atoms with van der Waals surface area (Å²) in [5.74, 6) is -0.358. The number of nitrogens with zero attached hydrogens (tertiary/aromatic N) is 1. The summed E-state index contributed by atoms with van der Waals surface area (Å²) >= 11 is 0. The number of aromatic nitrogens is 1. The molecule has 0 radical (unpaired) electrons. The van der Waals surface area contributed by atoms with E-state index in [2.05, 4.69) is 9.71 Å². The first kappa shape index (κ1) is 18.9. The molecule has 0 spiro atoms. The Labute approximate surface area is 155 Å². The fraction of sp³-hybridized carbons (Fsp3) is 0.105. The summed E-state index contributed by atoms with van der Waals surface area (Å²) in [6.07, 6.45) is 1.45. The Morgan fingerprint density at radius 1 is 1.04 bits per heavy atom. The molecule has 3 rings (SSSR count). The van der Waals surface area contributed by atoms with Crippen molar-refractivity contribution in [3.63, 3.8) is 0 Å². The predicted octanol–water partition coefficient (Wildman–Crippen LogP) is 3.94. The van der Waals surface area contributed by atoms with Crippen molar-refractivity contribution in [2.75, 3.05) is 0 Å². The maximum absolute atomic E-state index is 13.2. The molecule has 0 aliphatic rings. The predicted molar refractivity (Wildman–Crippen MR) is 95.9 cm³/mol. The zero-order valence-corrected chi connectivity index (χ0v) is 15.1. The minimum Gasteiger partial charge on any atom is -0.439 e. The van der Waals surface area contributed by atoms with Gasteiger partial charge in [-0.3, -0.25) is 0 Å². The van der Waals surface area contributed by atoms with Crippen molar-refractivity contribution >= 4 is 10.0 Å². The van der Waals surface area contributed by atoms with Crippen molar-refractivity contribution in [3.05, 3.63) is 83.6 Å². The van der Waals surface area contributed by atoms with Crippen molar-refractivity contribution in [1.29, 1.82) is 0 Å². The SMILES string of the molecule is Cc1cc(F)ccc1S(=O)(=O)NCc1ccc(Oc2cccc(F)c2)nc1. The van der Waals surface area contributed by atoms with Gasteiger partial charge in [-0.15, -0.1) is 0 Å². The Hall–Kier alpha value is -2.84. The van der Waals surface area contributed by atoms with Gasteiger partial charge in [-0.1, -0.05) is 12.1 Å². The van der Waals surface area contributed by atoms with E-state index < -0.39 is 21.7 Å². The van der Waals surface area contributed by atoms with Gasteiger partial charge < -0.3 is 4.74 Å². The van der Waals surface area contributed by atoms with Crippen LogP contribution in [0.2, 0.25) is 0 Å². The average molecular weight is 390 g/mol. The highest BCUT2D eigenvalue weighted by atomic mass is 32.2. The maximum atomic E-state index is 13.2. The largest absolute Gasteiger partial charge is 0.439 e. The van der Waals surface area contributed by atoms with E-state index in [1.165, 1.54) is 37.4 Å². The van der Waals surface area contributed by atoms with Crippen LogP contribution in [0.1, 0.15) is 11.1 Å². The van der Waals surface area contributed by atoms with E-state index >= 15 is 0 Å². The molecule has 1 aromatic heterocycles. The van der Waals surface area contributed by atoms with Crippen LogP contribution in [0.25, 0.3) is 0 Å². The zero-order chi connectivity index (χ0) is 19.4. The average Bonchev–Trinajstić information content (AvgIpc) is 2.61. The number of halogens is 2. The molecule has 0 atom stereocenters. The summed E-state index contributed by atoms with van der Waals surface area (Å²) in [4.78, 5) is 4.09. The summed E-state index contributed by atoms with van der Waals surface area (Å²) in [5, 5.41) is 0. The van der Waals surface area contributed by atoms with Crippen molar-refractivity contribution in [3.8, 4) is 11.6 Å². The molecule has 0 amide bonds. The van der Waals surface area contributed by atoms with Crippen molar-refractivity contribution < 1.29 is 21.9 Å². The lowest BCUT2D eigenvalue weighted by molar-refractivity contribution is 0.457. The van der Waals surface area contributed by atoms with Gasteiger partial charge in [-0.2, -0.15) is 0 Å². The number of sulfonamides is 1. The molecule has 0 saturated heterocycles. The lowest BCUT2D eigenvalue weighted by Crippen LogP contribution is -2.24. The van der Waals surface area contributed by atoms with Crippen LogP contribution in [0.15, 0.2) is 65.7 Å². The second-order valence-corrected chi connectivity index (χ2v) is 7.53. The van der Waals surface area contributed by atoms with Gasteiger partial charge in [-0.05, 0) is 48.4 Å². The molecule has 0 aliphatic heterocycles. The number of ether oxygens (including phenoxy) is 1. The van der Waals surface area contributed by atoms with Crippen LogP contribution in [0, 0.1) is 18.6 Å². The first-order valence-electron chi connectivity index (χ1n) is 7.98. The van der Waals surface area contributed by atoms with Crippen LogP contribution in [-0.2, 0) is 16.6 Å². The van der Waals surface area contributed by atoms with Gasteiger partial charge in [0.1, 0.15) is 17.4 Å². The van der Waals surface area contributed by atoms with E-state index in [1.54, 1.807) is 18.2 Å². The summed E-state index contributed by atoms with van der Waals surface area (Å²) in [6, 6.07) is 12.3. The first-order chi connectivity index (χ1) is 12.8. The fourth-order valence-corrected chi connectivity index (χ4v) is 3.64. The number of hydrogen-bond acceptors (Lipinski definition) is 4. The fourth-order valence-electron chi connectivity index (χ4n) is 2.40. The van der Waals surface area contributed by atoms with E-state index in [9.17, 15) is 17.2 Å². The van der Waals surface area contributed by atoms with Gasteiger partial charge in [0.2, 0.25) is 15.9 Å². The number of aryl methyl sites for hydroxylation is 1. The molecule has 8 heteroatoms. The van der Waals surface area contributed by atoms with Gasteiger partial charge in [0.25, 0.3) is 0 Å². The van der Waals surface area contributed by atoms with Crippen molar-refractivity contribution in [2.24, 2.45) is 0 Å². The van der Waals surface area contributed by atoms with Gasteiger partial charge in [0, 0.05) is 24.9 Å². The molecule has 0 aliphatic carbocycles. The molecule has 3 aromatic rings. The minimum absolute atomic E-state index is 0.00634. The number of pyridine rings is 1. The van der Waals surface area contributed by atoms with E-state index in [4.69, 9.17) is 4.74 Å². The first-order valence-corrected chi connectivity index (χ1v) is 9.46. The van der Waals surface area contributed by atoms with Crippen LogP contribution in [0.4, 0.5) is 8.78 Å². The van der Waals surface area contributed by atoms with E-state index in [0.717, 1.165) is 12.1 Å². The van der Waals surface area contributed by atoms with E-state index in [-0.39, 0.29) is 17.3 Å². The second-order valence-electron chi connectivity index (χ2n) is 5.80. The van der Waals surface area contributed by atoms with Crippen LogP contribution in [-0.4, -0.2) is 13.4 Å². The molecule has 5 nitrogen and oxygen atoms in total. The Balaban J connectivity index is 1.66. The monoisotopic (exact) mass is 390 g/mol. The summed E-state index contributed by atoms with van der Waals surface area (Å²) in [6.45, 7) is 1.53. The third-order valence-electron chi connectivity index (χ3n) is 3.71. The van der Waals surface area contributed by atoms with E-state index in [1.807, 2.05) is 0 Å². The minimum atomic E-state index is -3.79. The smallest absolute Gasteiger partial charge is 0.241 e. The lowest BCUT2D eigenvalue weighted by Gasteiger charge is -2.10. The number of nitrogens with one attached hydrogen (secondary N) is 1. The summed E-state index contributed by atoms with van der Waals surface area (Å²) < 4.78 is 58.9. The molecule has 0 unspecified atom stereocenters. The number of hydrogen-bond donors (Lipinski definition) is 1. The highest BCUT2D eigenvalue weighted by molar-refractivity contribution is 7.89. The molecule has 2 aromatic carbocycles. The lowest BCUT2D eigenvalue weighted by atomic mass is 10.2. The Morgan fingerprint density at radius 2 is 1.81 bits per heavy atom. The molecule has 0 fully saturated rings. The molecule has 0 saturated carbocycles. The number of benzene rings is 2. The molecule has 27 heavy (non-hydrogen) atoms. The van der Waals surface area contributed by atoms with Crippen LogP contribution >= 0.6 is 0 Å². The third kappa shape index (κ3) is 4.87. The zero-order valence-electron chi connectivity index (χ0n) is 14.3. The Morgan fingerprint density at radius 3 is 2.48 bits per heavy atom. The summed E-state index contributed by atoms with van der Waals surface area (Å²) in [7, 11) is -3.79. The molecular weight excluding hydrogens is 374 g/mol. The van der Waals surface area contributed by atoms with Gasteiger partial charge >= 0.3 is 0 Å². The van der Waals surface area contributed by atoms with E-state index in [0.29, 0.717) is 16.9 Å². The molecule has 0 bridgehead atoms. The molecule has 1 N–H and O–H groups in total. The summed E-state index contributed by atoms with van der Waals surface area (Å²) in [5.41, 5.74) is 0.921. The number of rotatable bonds is 6. The quantitative estimate of drug-likeness (QED) is 0.692. The van der Waals surface area contributed by atoms with Gasteiger partial charge in [0.05, 0.1) is 4.90 Å². The second kappa shape index (κ2) is 7.81. The van der Waals surface area contributed by atoms with Crippen LogP contribution < -0.4 is 9.46 Å². The van der Waals surface area contributed by atoms with Crippen LogP contribution in [0.5, 0.6) is 11.6 Å². The third-order valence-corrected chi connectivity index (χ3v) is 5.27.